The van der Waals surface area contributed by atoms with Crippen LogP contribution in [0.5, 0.6) is 0 Å². The zero-order chi connectivity index (χ0) is 18.3. The van der Waals surface area contributed by atoms with Gasteiger partial charge in [0.15, 0.2) is 0 Å². The maximum Gasteiger partial charge on any atom is 0.150 e. The molecule has 0 bridgehead atoms. The van der Waals surface area contributed by atoms with Crippen LogP contribution in [0.3, 0.4) is 0 Å². The second kappa shape index (κ2) is 6.69. The summed E-state index contributed by atoms with van der Waals surface area (Å²) >= 11 is 0. The highest BCUT2D eigenvalue weighted by atomic mass is 16.1. The fourth-order valence-electron chi connectivity index (χ4n) is 4.10. The van der Waals surface area contributed by atoms with Crippen LogP contribution in [-0.4, -0.2) is 40.7 Å². The summed E-state index contributed by atoms with van der Waals surface area (Å²) in [4.78, 5) is 18.5. The molecule has 1 fully saturated rings. The van der Waals surface area contributed by atoms with Crippen LogP contribution in [0.4, 0.5) is 0 Å². The standard InChI is InChI=1S/C22H25N3O/c1-15-6-9-25-20(12-17-7-8-24(3)13-17)22(23-21(25)10-15)19-5-4-18(14-26)11-16(19)2/h4-6,9-11,14,17H,7-8,12-13H2,1-3H3. The van der Waals surface area contributed by atoms with Crippen LogP contribution in [0.1, 0.15) is 33.6 Å². The highest BCUT2D eigenvalue weighted by molar-refractivity contribution is 5.79. The second-order valence-electron chi connectivity index (χ2n) is 7.65. The Kier molecular flexibility index (Phi) is 4.37. The van der Waals surface area contributed by atoms with Crippen molar-refractivity contribution in [3.05, 3.63) is 58.9 Å². The molecule has 1 unspecified atom stereocenters. The van der Waals surface area contributed by atoms with Crippen molar-refractivity contribution >= 4 is 11.9 Å². The minimum atomic E-state index is 0.662. The molecule has 4 nitrogen and oxygen atoms in total. The van der Waals surface area contributed by atoms with Gasteiger partial charge in [0.05, 0.1) is 11.4 Å². The van der Waals surface area contributed by atoms with E-state index in [2.05, 4.69) is 48.5 Å². The molecule has 134 valence electrons. The molecule has 26 heavy (non-hydrogen) atoms. The van der Waals surface area contributed by atoms with Crippen LogP contribution < -0.4 is 0 Å². The van der Waals surface area contributed by atoms with Crippen LogP contribution in [0.2, 0.25) is 0 Å². The molecule has 0 N–H and O–H groups in total. The number of hydrogen-bond acceptors (Lipinski definition) is 3. The van der Waals surface area contributed by atoms with E-state index in [4.69, 9.17) is 4.98 Å². The first-order valence-electron chi connectivity index (χ1n) is 9.27. The van der Waals surface area contributed by atoms with Gasteiger partial charge in [-0.2, -0.15) is 0 Å². The molecule has 1 aromatic carbocycles. The molecular weight excluding hydrogens is 322 g/mol. The summed E-state index contributed by atoms with van der Waals surface area (Å²) in [5.41, 5.74) is 7.49. The molecule has 0 amide bonds. The Labute approximate surface area is 154 Å². The highest BCUT2D eigenvalue weighted by Crippen LogP contribution is 2.31. The molecular formula is C22H25N3O. The molecule has 0 aliphatic carbocycles. The SMILES string of the molecule is Cc1ccn2c(CC3CCN(C)C3)c(-c3ccc(C=O)cc3C)nc2c1. The van der Waals surface area contributed by atoms with E-state index in [1.165, 1.54) is 24.2 Å². The van der Waals surface area contributed by atoms with Gasteiger partial charge in [0.25, 0.3) is 0 Å². The average Bonchev–Trinajstić information content (AvgIpc) is 3.18. The number of nitrogens with zero attached hydrogens (tertiary/aromatic N) is 3. The third-order valence-electron chi connectivity index (χ3n) is 5.49. The third kappa shape index (κ3) is 3.06. The molecule has 2 aromatic heterocycles. The normalized spacial score (nSPS) is 17.9. The molecule has 0 spiro atoms. The zero-order valence-corrected chi connectivity index (χ0v) is 15.7. The minimum Gasteiger partial charge on any atom is -0.306 e. The first-order chi connectivity index (χ1) is 12.5. The molecule has 4 rings (SSSR count). The molecule has 3 aromatic rings. The number of aldehydes is 1. The van der Waals surface area contributed by atoms with Crippen molar-refractivity contribution in [2.75, 3.05) is 20.1 Å². The Bertz CT molecular complexity index is 973. The second-order valence-corrected chi connectivity index (χ2v) is 7.65. The number of likely N-dealkylation sites (tertiary alicyclic amines) is 1. The lowest BCUT2D eigenvalue weighted by Crippen LogP contribution is -2.15. The number of pyridine rings is 1. The zero-order valence-electron chi connectivity index (χ0n) is 15.7. The van der Waals surface area contributed by atoms with Crippen molar-refractivity contribution in [2.45, 2.75) is 26.7 Å². The molecule has 0 radical (unpaired) electrons. The average molecular weight is 347 g/mol. The number of carbonyl (C=O) groups is 1. The topological polar surface area (TPSA) is 37.6 Å². The molecule has 1 saturated heterocycles. The van der Waals surface area contributed by atoms with Gasteiger partial charge in [0.2, 0.25) is 0 Å². The fraction of sp³-hybridized carbons (Fsp3) is 0.364. The first kappa shape index (κ1) is 17.0. The third-order valence-corrected chi connectivity index (χ3v) is 5.49. The van der Waals surface area contributed by atoms with Crippen LogP contribution in [-0.2, 0) is 6.42 Å². The first-order valence-corrected chi connectivity index (χ1v) is 9.27. The number of rotatable bonds is 4. The largest absolute Gasteiger partial charge is 0.306 e. The van der Waals surface area contributed by atoms with Gasteiger partial charge in [0, 0.05) is 23.9 Å². The van der Waals surface area contributed by atoms with Gasteiger partial charge in [-0.25, -0.2) is 4.98 Å². The fourth-order valence-corrected chi connectivity index (χ4v) is 4.10. The van der Waals surface area contributed by atoms with Gasteiger partial charge in [-0.1, -0.05) is 12.1 Å². The molecule has 4 heteroatoms. The summed E-state index contributed by atoms with van der Waals surface area (Å²) in [6, 6.07) is 10.2. The van der Waals surface area contributed by atoms with Crippen molar-refractivity contribution in [2.24, 2.45) is 5.92 Å². The Morgan fingerprint density at radius 3 is 2.77 bits per heavy atom. The monoisotopic (exact) mass is 347 g/mol. The van der Waals surface area contributed by atoms with Gasteiger partial charge in [-0.15, -0.1) is 0 Å². The lowest BCUT2D eigenvalue weighted by atomic mass is 9.96. The lowest BCUT2D eigenvalue weighted by Gasteiger charge is -2.13. The van der Waals surface area contributed by atoms with Gasteiger partial charge in [-0.3, -0.25) is 4.79 Å². The Morgan fingerprint density at radius 2 is 2.08 bits per heavy atom. The number of hydrogen-bond donors (Lipinski definition) is 0. The van der Waals surface area contributed by atoms with Gasteiger partial charge < -0.3 is 9.30 Å². The summed E-state index contributed by atoms with van der Waals surface area (Å²) in [6.07, 6.45) is 5.31. The van der Waals surface area contributed by atoms with Crippen LogP contribution in [0.15, 0.2) is 36.5 Å². The summed E-state index contributed by atoms with van der Waals surface area (Å²) in [5.74, 6) is 0.662. The highest BCUT2D eigenvalue weighted by Gasteiger charge is 2.24. The van der Waals surface area contributed by atoms with Crippen LogP contribution in [0, 0.1) is 19.8 Å². The van der Waals surface area contributed by atoms with E-state index in [9.17, 15) is 4.79 Å². The van der Waals surface area contributed by atoms with E-state index in [1.54, 1.807) is 0 Å². The van der Waals surface area contributed by atoms with E-state index >= 15 is 0 Å². The number of benzene rings is 1. The summed E-state index contributed by atoms with van der Waals surface area (Å²) < 4.78 is 2.24. The van der Waals surface area contributed by atoms with E-state index in [1.807, 2.05) is 18.2 Å². The van der Waals surface area contributed by atoms with Crippen molar-refractivity contribution < 1.29 is 4.79 Å². The number of aromatic nitrogens is 2. The molecule has 1 aliphatic rings. The van der Waals surface area contributed by atoms with E-state index in [0.717, 1.165) is 41.7 Å². The minimum absolute atomic E-state index is 0.662. The predicted molar refractivity (Wildman–Crippen MR) is 105 cm³/mol. The van der Waals surface area contributed by atoms with Gasteiger partial charge in [-0.05, 0) is 75.5 Å². The Balaban J connectivity index is 1.84. The summed E-state index contributed by atoms with van der Waals surface area (Å²) in [6.45, 7) is 6.47. The molecule has 3 heterocycles. The Morgan fingerprint density at radius 1 is 1.23 bits per heavy atom. The molecule has 0 saturated carbocycles. The van der Waals surface area contributed by atoms with E-state index in [0.29, 0.717) is 11.5 Å². The van der Waals surface area contributed by atoms with Crippen LogP contribution in [0.25, 0.3) is 16.9 Å². The number of fused-ring (bicyclic) bond motifs is 1. The number of imidazole rings is 1. The lowest BCUT2D eigenvalue weighted by molar-refractivity contribution is 0.112. The maximum atomic E-state index is 11.1. The van der Waals surface area contributed by atoms with Gasteiger partial charge >= 0.3 is 0 Å². The summed E-state index contributed by atoms with van der Waals surface area (Å²) in [5, 5.41) is 0. The van der Waals surface area contributed by atoms with Crippen molar-refractivity contribution in [3.8, 4) is 11.3 Å². The van der Waals surface area contributed by atoms with Crippen LogP contribution >= 0.6 is 0 Å². The Hall–Kier alpha value is -2.46. The predicted octanol–water partition coefficient (Wildman–Crippen LogP) is 3.92. The number of aryl methyl sites for hydroxylation is 2. The van der Waals surface area contributed by atoms with E-state index < -0.39 is 0 Å². The quantitative estimate of drug-likeness (QED) is 0.671. The van der Waals surface area contributed by atoms with Gasteiger partial charge in [0.1, 0.15) is 11.9 Å². The van der Waals surface area contributed by atoms with E-state index in [-0.39, 0.29) is 0 Å². The summed E-state index contributed by atoms with van der Waals surface area (Å²) in [7, 11) is 2.20. The van der Waals surface area contributed by atoms with Crippen molar-refractivity contribution in [1.82, 2.24) is 14.3 Å². The van der Waals surface area contributed by atoms with Crippen molar-refractivity contribution in [1.29, 1.82) is 0 Å². The van der Waals surface area contributed by atoms with Crippen molar-refractivity contribution in [3.63, 3.8) is 0 Å². The molecule has 1 atom stereocenters. The maximum absolute atomic E-state index is 11.1. The number of carbonyl (C=O) groups excluding carboxylic acids is 1. The smallest absolute Gasteiger partial charge is 0.150 e. The molecule has 1 aliphatic heterocycles.